The van der Waals surface area contributed by atoms with Crippen LogP contribution < -0.4 is 5.46 Å². The normalized spacial score (nSPS) is 16.1. The highest BCUT2D eigenvalue weighted by molar-refractivity contribution is 6.62. The maximum atomic E-state index is 6.40. The fraction of sp³-hybridized carbons (Fsp3) is 0.167. The van der Waals surface area contributed by atoms with E-state index in [1.165, 1.54) is 44.1 Å². The van der Waals surface area contributed by atoms with Crippen molar-refractivity contribution in [3.63, 3.8) is 0 Å². The van der Waals surface area contributed by atoms with E-state index in [9.17, 15) is 0 Å². The molecule has 0 radical (unpaired) electrons. The van der Waals surface area contributed by atoms with Crippen LogP contribution in [-0.4, -0.2) is 22.9 Å². The Morgan fingerprint density at radius 1 is 0.500 bits per heavy atom. The molecule has 0 unspecified atom stereocenters. The Kier molecular flexibility index (Phi) is 5.74. The standard InChI is InChI=1S/C36H32BNO2/c1-35(2)36(3,4)40-37(39-35)29-16-11-17-30(24-29)38-33-20-18-27(25-12-7-5-8-13-25)22-31(33)32-23-28(19-21-34(32)38)26-14-9-6-10-15-26/h5-24H,1-4H3. The highest BCUT2D eigenvalue weighted by atomic mass is 16.7. The van der Waals surface area contributed by atoms with Gasteiger partial charge in [-0.1, -0.05) is 84.9 Å². The third-order valence-corrected chi connectivity index (χ3v) is 8.63. The summed E-state index contributed by atoms with van der Waals surface area (Å²) in [5.41, 5.74) is 8.53. The summed E-state index contributed by atoms with van der Waals surface area (Å²) in [4.78, 5) is 0. The van der Waals surface area contributed by atoms with Crippen molar-refractivity contribution in [2.24, 2.45) is 0 Å². The summed E-state index contributed by atoms with van der Waals surface area (Å²) in [6.45, 7) is 8.38. The van der Waals surface area contributed by atoms with Gasteiger partial charge in [0.25, 0.3) is 0 Å². The third kappa shape index (κ3) is 4.07. The largest absolute Gasteiger partial charge is 0.494 e. The molecule has 5 aromatic carbocycles. The van der Waals surface area contributed by atoms with Gasteiger partial charge in [0.05, 0.1) is 22.2 Å². The van der Waals surface area contributed by atoms with Gasteiger partial charge >= 0.3 is 7.12 Å². The van der Waals surface area contributed by atoms with Crippen LogP contribution in [0.15, 0.2) is 121 Å². The summed E-state index contributed by atoms with van der Waals surface area (Å²) in [5.74, 6) is 0. The van der Waals surface area contributed by atoms with Crippen molar-refractivity contribution in [3.8, 4) is 27.9 Å². The van der Waals surface area contributed by atoms with Gasteiger partial charge in [-0.15, -0.1) is 0 Å². The highest BCUT2D eigenvalue weighted by Gasteiger charge is 2.51. The van der Waals surface area contributed by atoms with Gasteiger partial charge in [0.15, 0.2) is 0 Å². The maximum absolute atomic E-state index is 6.40. The van der Waals surface area contributed by atoms with Crippen molar-refractivity contribution in [2.45, 2.75) is 38.9 Å². The minimum atomic E-state index is -0.410. The predicted molar refractivity (Wildman–Crippen MR) is 167 cm³/mol. The molecule has 1 aliphatic heterocycles. The van der Waals surface area contributed by atoms with E-state index in [0.717, 1.165) is 11.2 Å². The fourth-order valence-corrected chi connectivity index (χ4v) is 5.71. The van der Waals surface area contributed by atoms with Crippen LogP contribution in [0.25, 0.3) is 49.7 Å². The zero-order valence-electron chi connectivity index (χ0n) is 23.4. The van der Waals surface area contributed by atoms with Crippen molar-refractivity contribution in [3.05, 3.63) is 121 Å². The van der Waals surface area contributed by atoms with Crippen LogP contribution >= 0.6 is 0 Å². The molecule has 1 saturated heterocycles. The molecule has 3 nitrogen and oxygen atoms in total. The number of hydrogen-bond donors (Lipinski definition) is 0. The Morgan fingerprint density at radius 2 is 1.00 bits per heavy atom. The molecule has 0 bridgehead atoms. The lowest BCUT2D eigenvalue weighted by atomic mass is 9.79. The topological polar surface area (TPSA) is 23.4 Å². The first-order valence-corrected chi connectivity index (χ1v) is 14.0. The SMILES string of the molecule is CC1(C)OB(c2cccc(-n3c4ccc(-c5ccccc5)cc4c4cc(-c5ccccc5)ccc43)c2)OC1(C)C. The second-order valence-electron chi connectivity index (χ2n) is 11.7. The van der Waals surface area contributed by atoms with E-state index in [4.69, 9.17) is 9.31 Å². The van der Waals surface area contributed by atoms with Gasteiger partial charge in [-0.3, -0.25) is 0 Å². The van der Waals surface area contributed by atoms with Gasteiger partial charge in [0.1, 0.15) is 0 Å². The molecule has 0 saturated carbocycles. The van der Waals surface area contributed by atoms with Crippen LogP contribution in [0.5, 0.6) is 0 Å². The van der Waals surface area contributed by atoms with Crippen molar-refractivity contribution in [1.29, 1.82) is 0 Å². The Balaban J connectivity index is 1.43. The van der Waals surface area contributed by atoms with Crippen LogP contribution in [-0.2, 0) is 9.31 Å². The lowest BCUT2D eigenvalue weighted by molar-refractivity contribution is 0.00578. The summed E-state index contributed by atoms with van der Waals surface area (Å²) in [5, 5.41) is 2.46. The molecular formula is C36H32BNO2. The molecule has 1 fully saturated rings. The van der Waals surface area contributed by atoms with E-state index in [1.807, 2.05) is 0 Å². The summed E-state index contributed by atoms with van der Waals surface area (Å²) in [6.07, 6.45) is 0. The molecule has 0 aliphatic carbocycles. The molecule has 7 rings (SSSR count). The first-order valence-electron chi connectivity index (χ1n) is 14.0. The fourth-order valence-electron chi connectivity index (χ4n) is 5.71. The Bertz CT molecular complexity index is 1740. The molecule has 0 amide bonds. The number of rotatable bonds is 4. The van der Waals surface area contributed by atoms with E-state index in [1.54, 1.807) is 0 Å². The van der Waals surface area contributed by atoms with Crippen molar-refractivity contribution in [2.75, 3.05) is 0 Å². The molecule has 2 heterocycles. The zero-order valence-corrected chi connectivity index (χ0v) is 23.4. The molecule has 40 heavy (non-hydrogen) atoms. The van der Waals surface area contributed by atoms with Crippen LogP contribution in [0.1, 0.15) is 27.7 Å². The number of aromatic nitrogens is 1. The molecule has 1 aromatic heterocycles. The van der Waals surface area contributed by atoms with Crippen LogP contribution in [0.3, 0.4) is 0 Å². The van der Waals surface area contributed by atoms with Gasteiger partial charge in [0.2, 0.25) is 0 Å². The summed E-state index contributed by atoms with van der Waals surface area (Å²) >= 11 is 0. The molecule has 0 spiro atoms. The number of hydrogen-bond acceptors (Lipinski definition) is 2. The average molecular weight is 521 g/mol. The Hall–Kier alpha value is -4.12. The molecule has 6 aromatic rings. The van der Waals surface area contributed by atoms with Crippen LogP contribution in [0, 0.1) is 0 Å². The van der Waals surface area contributed by atoms with Crippen molar-refractivity contribution < 1.29 is 9.31 Å². The number of nitrogens with zero attached hydrogens (tertiary/aromatic N) is 1. The van der Waals surface area contributed by atoms with Crippen molar-refractivity contribution >= 4 is 34.4 Å². The minimum Gasteiger partial charge on any atom is -0.399 e. The van der Waals surface area contributed by atoms with E-state index in [0.29, 0.717) is 0 Å². The third-order valence-electron chi connectivity index (χ3n) is 8.63. The molecule has 1 aliphatic rings. The van der Waals surface area contributed by atoms with E-state index in [2.05, 4.69) is 154 Å². The van der Waals surface area contributed by atoms with E-state index >= 15 is 0 Å². The first kappa shape index (κ1) is 24.9. The summed E-state index contributed by atoms with van der Waals surface area (Å²) < 4.78 is 15.2. The van der Waals surface area contributed by atoms with E-state index < -0.39 is 7.12 Å². The van der Waals surface area contributed by atoms with E-state index in [-0.39, 0.29) is 11.2 Å². The number of benzene rings is 5. The average Bonchev–Trinajstić information content (AvgIpc) is 3.42. The smallest absolute Gasteiger partial charge is 0.399 e. The second kappa shape index (κ2) is 9.23. The number of fused-ring (bicyclic) bond motifs is 3. The second-order valence-corrected chi connectivity index (χ2v) is 11.7. The molecule has 0 atom stereocenters. The summed E-state index contributed by atoms with van der Waals surface area (Å²) in [6, 6.07) is 43.4. The van der Waals surface area contributed by atoms with Gasteiger partial charge in [-0.25, -0.2) is 0 Å². The Labute approximate surface area is 236 Å². The maximum Gasteiger partial charge on any atom is 0.494 e. The van der Waals surface area contributed by atoms with Gasteiger partial charge in [-0.05, 0) is 91.8 Å². The quantitative estimate of drug-likeness (QED) is 0.218. The molecule has 4 heteroatoms. The van der Waals surface area contributed by atoms with Crippen LogP contribution in [0.4, 0.5) is 0 Å². The molecule has 196 valence electrons. The first-order chi connectivity index (χ1) is 19.3. The molecule has 0 N–H and O–H groups in total. The van der Waals surface area contributed by atoms with Gasteiger partial charge in [-0.2, -0.15) is 0 Å². The highest BCUT2D eigenvalue weighted by Crippen LogP contribution is 2.38. The lowest BCUT2D eigenvalue weighted by Crippen LogP contribution is -2.41. The zero-order chi connectivity index (χ0) is 27.5. The lowest BCUT2D eigenvalue weighted by Gasteiger charge is -2.32. The van der Waals surface area contributed by atoms with Crippen molar-refractivity contribution in [1.82, 2.24) is 4.57 Å². The minimum absolute atomic E-state index is 0.387. The molecular weight excluding hydrogens is 489 g/mol. The summed E-state index contributed by atoms with van der Waals surface area (Å²) in [7, 11) is -0.410. The van der Waals surface area contributed by atoms with Crippen LogP contribution in [0.2, 0.25) is 0 Å². The Morgan fingerprint density at radius 3 is 1.50 bits per heavy atom. The predicted octanol–water partition coefficient (Wildman–Crippen LogP) is 8.42. The van der Waals surface area contributed by atoms with Gasteiger partial charge in [0, 0.05) is 16.5 Å². The van der Waals surface area contributed by atoms with Gasteiger partial charge < -0.3 is 13.9 Å². The monoisotopic (exact) mass is 521 g/mol.